The molecule has 0 bridgehead atoms. The van der Waals surface area contributed by atoms with Gasteiger partial charge in [-0.3, -0.25) is 0 Å². The Labute approximate surface area is 113 Å². The van der Waals surface area contributed by atoms with Crippen molar-refractivity contribution in [1.29, 1.82) is 0 Å². The van der Waals surface area contributed by atoms with Crippen molar-refractivity contribution in [3.05, 3.63) is 65.2 Å². The number of methoxy groups -OCH3 is 1. The van der Waals surface area contributed by atoms with Gasteiger partial charge in [-0.15, -0.1) is 0 Å². The molecule has 3 heteroatoms. The quantitative estimate of drug-likeness (QED) is 0.851. The number of hydrogen-bond donors (Lipinski definition) is 1. The molecule has 0 saturated heterocycles. The van der Waals surface area contributed by atoms with E-state index in [4.69, 9.17) is 4.74 Å². The third-order valence-corrected chi connectivity index (χ3v) is 2.98. The summed E-state index contributed by atoms with van der Waals surface area (Å²) in [6.07, 6.45) is 0. The number of carbonyl (C=O) groups is 1. The fourth-order valence-corrected chi connectivity index (χ4v) is 1.89. The largest absolute Gasteiger partial charge is 0.465 e. The van der Waals surface area contributed by atoms with Gasteiger partial charge in [0.2, 0.25) is 0 Å². The first-order valence-electron chi connectivity index (χ1n) is 6.17. The number of rotatable bonds is 4. The first-order chi connectivity index (χ1) is 9.20. The fraction of sp³-hybridized carbons (Fsp3) is 0.188. The van der Waals surface area contributed by atoms with Crippen molar-refractivity contribution in [2.75, 3.05) is 12.4 Å². The van der Waals surface area contributed by atoms with Gasteiger partial charge in [-0.25, -0.2) is 4.79 Å². The van der Waals surface area contributed by atoms with Crippen molar-refractivity contribution < 1.29 is 9.53 Å². The van der Waals surface area contributed by atoms with Crippen molar-refractivity contribution in [1.82, 2.24) is 0 Å². The molecule has 3 nitrogen and oxygen atoms in total. The minimum atomic E-state index is -0.308. The minimum absolute atomic E-state index is 0.308. The van der Waals surface area contributed by atoms with Crippen LogP contribution in [0.3, 0.4) is 0 Å². The average Bonchev–Trinajstić information content (AvgIpc) is 2.46. The molecule has 0 unspecified atom stereocenters. The van der Waals surface area contributed by atoms with Crippen LogP contribution in [0.1, 0.15) is 21.5 Å². The number of carbonyl (C=O) groups excluding carboxylic acids is 1. The summed E-state index contributed by atoms with van der Waals surface area (Å²) in [6, 6.07) is 15.6. The van der Waals surface area contributed by atoms with E-state index < -0.39 is 0 Å². The molecule has 2 aromatic carbocycles. The maximum Gasteiger partial charge on any atom is 0.337 e. The zero-order valence-electron chi connectivity index (χ0n) is 11.1. The molecule has 0 aromatic heterocycles. The monoisotopic (exact) mass is 255 g/mol. The van der Waals surface area contributed by atoms with Crippen molar-refractivity contribution in [3.63, 3.8) is 0 Å². The Morgan fingerprint density at radius 1 is 1.16 bits per heavy atom. The van der Waals surface area contributed by atoms with Crippen LogP contribution in [0, 0.1) is 6.92 Å². The van der Waals surface area contributed by atoms with Crippen LogP contribution < -0.4 is 5.32 Å². The van der Waals surface area contributed by atoms with Crippen LogP contribution in [0.2, 0.25) is 0 Å². The van der Waals surface area contributed by atoms with Gasteiger partial charge in [-0.1, -0.05) is 30.3 Å². The Morgan fingerprint density at radius 2 is 1.95 bits per heavy atom. The van der Waals surface area contributed by atoms with Crippen molar-refractivity contribution in [3.8, 4) is 0 Å². The summed E-state index contributed by atoms with van der Waals surface area (Å²) in [5, 5.41) is 3.36. The van der Waals surface area contributed by atoms with E-state index in [1.165, 1.54) is 12.7 Å². The Morgan fingerprint density at radius 3 is 2.68 bits per heavy atom. The Bertz CT molecular complexity index is 578. The van der Waals surface area contributed by atoms with Gasteiger partial charge in [0.25, 0.3) is 0 Å². The SMILES string of the molecule is COC(=O)c1cccc(CNc2ccccc2C)c1. The molecule has 2 aromatic rings. The summed E-state index contributed by atoms with van der Waals surface area (Å²) in [5.41, 5.74) is 3.93. The smallest absolute Gasteiger partial charge is 0.337 e. The highest BCUT2D eigenvalue weighted by Crippen LogP contribution is 2.15. The molecule has 0 aliphatic carbocycles. The maximum absolute atomic E-state index is 11.5. The third kappa shape index (κ3) is 3.35. The van der Waals surface area contributed by atoms with E-state index in [0.29, 0.717) is 12.1 Å². The van der Waals surface area contributed by atoms with Crippen LogP contribution in [-0.4, -0.2) is 13.1 Å². The second-order valence-electron chi connectivity index (χ2n) is 4.36. The third-order valence-electron chi connectivity index (χ3n) is 2.98. The van der Waals surface area contributed by atoms with Crippen LogP contribution in [0.4, 0.5) is 5.69 Å². The predicted molar refractivity (Wildman–Crippen MR) is 76.3 cm³/mol. The molecule has 0 radical (unpaired) electrons. The lowest BCUT2D eigenvalue weighted by atomic mass is 10.1. The lowest BCUT2D eigenvalue weighted by molar-refractivity contribution is 0.0600. The van der Waals surface area contributed by atoms with Gasteiger partial charge in [-0.05, 0) is 36.2 Å². The van der Waals surface area contributed by atoms with E-state index in [1.807, 2.05) is 36.4 Å². The van der Waals surface area contributed by atoms with Gasteiger partial charge >= 0.3 is 5.97 Å². The van der Waals surface area contributed by atoms with Crippen molar-refractivity contribution in [2.45, 2.75) is 13.5 Å². The zero-order valence-corrected chi connectivity index (χ0v) is 11.1. The molecule has 1 N–H and O–H groups in total. The van der Waals surface area contributed by atoms with E-state index in [2.05, 4.69) is 18.3 Å². The van der Waals surface area contributed by atoms with E-state index in [9.17, 15) is 4.79 Å². The van der Waals surface area contributed by atoms with Crippen LogP contribution in [0.25, 0.3) is 0 Å². The lowest BCUT2D eigenvalue weighted by Crippen LogP contribution is -2.04. The second-order valence-corrected chi connectivity index (χ2v) is 4.36. The maximum atomic E-state index is 11.5. The number of benzene rings is 2. The molecule has 19 heavy (non-hydrogen) atoms. The summed E-state index contributed by atoms with van der Waals surface area (Å²) in [7, 11) is 1.39. The van der Waals surface area contributed by atoms with Crippen molar-refractivity contribution in [2.24, 2.45) is 0 Å². The van der Waals surface area contributed by atoms with Gasteiger partial charge in [-0.2, -0.15) is 0 Å². The average molecular weight is 255 g/mol. The van der Waals surface area contributed by atoms with Crippen molar-refractivity contribution >= 4 is 11.7 Å². The first kappa shape index (κ1) is 13.1. The summed E-state index contributed by atoms with van der Waals surface area (Å²) in [5.74, 6) is -0.308. The Hall–Kier alpha value is -2.29. The number of anilines is 1. The Kier molecular flexibility index (Phi) is 4.18. The van der Waals surface area contributed by atoms with Gasteiger partial charge in [0.15, 0.2) is 0 Å². The number of hydrogen-bond acceptors (Lipinski definition) is 3. The molecule has 2 rings (SSSR count). The Balaban J connectivity index is 2.08. The van der Waals surface area contributed by atoms with Gasteiger partial charge in [0.05, 0.1) is 12.7 Å². The molecule has 0 spiro atoms. The topological polar surface area (TPSA) is 38.3 Å². The number of ether oxygens (including phenoxy) is 1. The van der Waals surface area contributed by atoms with Gasteiger partial charge in [0.1, 0.15) is 0 Å². The normalized spacial score (nSPS) is 10.0. The standard InChI is InChI=1S/C16H17NO2/c1-12-6-3-4-9-15(12)17-11-13-7-5-8-14(10-13)16(18)19-2/h3-10,17H,11H2,1-2H3. The molecule has 0 saturated carbocycles. The number of esters is 1. The molecule has 0 heterocycles. The van der Waals surface area contributed by atoms with E-state index in [0.717, 1.165) is 11.3 Å². The van der Waals surface area contributed by atoms with Crippen LogP contribution in [-0.2, 0) is 11.3 Å². The fourth-order valence-electron chi connectivity index (χ4n) is 1.89. The number of aryl methyl sites for hydroxylation is 1. The molecule has 98 valence electrons. The lowest BCUT2D eigenvalue weighted by Gasteiger charge is -2.10. The molecule has 0 fully saturated rings. The summed E-state index contributed by atoms with van der Waals surface area (Å²) in [4.78, 5) is 11.5. The summed E-state index contributed by atoms with van der Waals surface area (Å²) in [6.45, 7) is 2.74. The van der Waals surface area contributed by atoms with Crippen LogP contribution in [0.5, 0.6) is 0 Å². The van der Waals surface area contributed by atoms with E-state index in [-0.39, 0.29) is 5.97 Å². The number of nitrogens with one attached hydrogen (secondary N) is 1. The highest BCUT2D eigenvalue weighted by Gasteiger charge is 2.05. The molecule has 0 amide bonds. The summed E-state index contributed by atoms with van der Waals surface area (Å²) >= 11 is 0. The minimum Gasteiger partial charge on any atom is -0.465 e. The molecular formula is C16H17NO2. The van der Waals surface area contributed by atoms with Crippen LogP contribution >= 0.6 is 0 Å². The molecule has 0 atom stereocenters. The molecule has 0 aliphatic heterocycles. The number of para-hydroxylation sites is 1. The van der Waals surface area contributed by atoms with Crippen LogP contribution in [0.15, 0.2) is 48.5 Å². The predicted octanol–water partition coefficient (Wildman–Crippen LogP) is 3.39. The van der Waals surface area contributed by atoms with Gasteiger partial charge in [0, 0.05) is 12.2 Å². The van der Waals surface area contributed by atoms with E-state index >= 15 is 0 Å². The highest BCUT2D eigenvalue weighted by atomic mass is 16.5. The second kappa shape index (κ2) is 6.05. The molecular weight excluding hydrogens is 238 g/mol. The van der Waals surface area contributed by atoms with Gasteiger partial charge < -0.3 is 10.1 Å². The summed E-state index contributed by atoms with van der Waals surface area (Å²) < 4.78 is 4.71. The zero-order chi connectivity index (χ0) is 13.7. The first-order valence-corrected chi connectivity index (χ1v) is 6.17. The highest BCUT2D eigenvalue weighted by molar-refractivity contribution is 5.89. The molecule has 0 aliphatic rings. The van der Waals surface area contributed by atoms with E-state index in [1.54, 1.807) is 6.07 Å².